The van der Waals surface area contributed by atoms with Crippen molar-refractivity contribution in [1.29, 1.82) is 0 Å². The van der Waals surface area contributed by atoms with Crippen LogP contribution < -0.4 is 5.32 Å². The second-order valence-corrected chi connectivity index (χ2v) is 4.88. The van der Waals surface area contributed by atoms with E-state index >= 15 is 0 Å². The van der Waals surface area contributed by atoms with Crippen LogP contribution in [0, 0.1) is 0 Å². The number of nitrogens with one attached hydrogen (secondary N) is 1. The highest BCUT2D eigenvalue weighted by molar-refractivity contribution is 8.00. The lowest BCUT2D eigenvalue weighted by molar-refractivity contribution is -0.114. The molecule has 1 aromatic carbocycles. The standard InChI is InChI=1S/C10H9ClFN3OS/c1-6(16)13-10-14-9-7(15(10)12)3-2-4-8(9)17-5-11/h2-4H,5H2,1H3,(H,13,14,16). The zero-order valence-electron chi connectivity index (χ0n) is 8.91. The molecule has 0 saturated carbocycles. The minimum Gasteiger partial charge on any atom is -0.294 e. The van der Waals surface area contributed by atoms with E-state index in [-0.39, 0.29) is 11.9 Å². The van der Waals surface area contributed by atoms with E-state index in [4.69, 9.17) is 11.6 Å². The van der Waals surface area contributed by atoms with E-state index in [2.05, 4.69) is 10.3 Å². The predicted octanol–water partition coefficient (Wildman–Crippen LogP) is 3.02. The summed E-state index contributed by atoms with van der Waals surface area (Å²) in [5, 5.41) is 2.68. The van der Waals surface area contributed by atoms with Gasteiger partial charge in [-0.15, -0.1) is 28.2 Å². The van der Waals surface area contributed by atoms with Crippen molar-refractivity contribution in [3.8, 4) is 0 Å². The van der Waals surface area contributed by atoms with Crippen LogP contribution in [0.2, 0.25) is 0 Å². The summed E-state index contributed by atoms with van der Waals surface area (Å²) in [5.41, 5.74) is 0.799. The fourth-order valence-corrected chi connectivity index (χ4v) is 2.39. The van der Waals surface area contributed by atoms with Gasteiger partial charge in [0.05, 0.1) is 5.21 Å². The van der Waals surface area contributed by atoms with E-state index < -0.39 is 0 Å². The van der Waals surface area contributed by atoms with Crippen molar-refractivity contribution in [3.05, 3.63) is 18.2 Å². The zero-order valence-corrected chi connectivity index (χ0v) is 10.5. The molecule has 1 heterocycles. The Balaban J connectivity index is 2.55. The number of anilines is 1. The fraction of sp³-hybridized carbons (Fsp3) is 0.200. The Morgan fingerprint density at radius 3 is 3.06 bits per heavy atom. The van der Waals surface area contributed by atoms with Crippen LogP contribution in [-0.4, -0.2) is 20.9 Å². The zero-order chi connectivity index (χ0) is 12.4. The summed E-state index contributed by atoms with van der Waals surface area (Å²) in [6.45, 7) is 1.30. The quantitative estimate of drug-likeness (QED) is 0.691. The third-order valence-corrected chi connectivity index (χ3v) is 3.17. The lowest BCUT2D eigenvalue weighted by Gasteiger charge is -1.97. The molecule has 7 heteroatoms. The summed E-state index contributed by atoms with van der Waals surface area (Å²) in [5.74, 6) is -0.485. The first-order valence-corrected chi connectivity index (χ1v) is 6.29. The van der Waals surface area contributed by atoms with E-state index in [1.165, 1.54) is 18.7 Å². The largest absolute Gasteiger partial charge is 0.294 e. The number of benzene rings is 1. The van der Waals surface area contributed by atoms with Gasteiger partial charge in [0.15, 0.2) is 0 Å². The molecular formula is C10H9ClFN3OS. The summed E-state index contributed by atoms with van der Waals surface area (Å²) in [6, 6.07) is 5.11. The number of halogens is 2. The number of hydrogen-bond donors (Lipinski definition) is 1. The minimum atomic E-state index is -0.370. The molecule has 4 nitrogen and oxygen atoms in total. The van der Waals surface area contributed by atoms with E-state index in [0.717, 1.165) is 4.90 Å². The molecule has 0 spiro atoms. The number of fused-ring (bicyclic) bond motifs is 1. The number of carbonyl (C=O) groups is 1. The Morgan fingerprint density at radius 1 is 1.65 bits per heavy atom. The Kier molecular flexibility index (Phi) is 3.54. The van der Waals surface area contributed by atoms with E-state index in [0.29, 0.717) is 21.0 Å². The predicted molar refractivity (Wildman–Crippen MR) is 67.1 cm³/mol. The molecule has 0 saturated heterocycles. The maximum absolute atomic E-state index is 13.8. The molecule has 1 N–H and O–H groups in total. The topological polar surface area (TPSA) is 46.9 Å². The smallest absolute Gasteiger partial charge is 0.239 e. The minimum absolute atomic E-state index is 0.116. The van der Waals surface area contributed by atoms with E-state index in [1.807, 2.05) is 0 Å². The average molecular weight is 274 g/mol. The van der Waals surface area contributed by atoms with E-state index in [1.54, 1.807) is 18.2 Å². The molecule has 0 bridgehead atoms. The molecule has 2 aromatic rings. The van der Waals surface area contributed by atoms with Gasteiger partial charge in [0.2, 0.25) is 11.9 Å². The summed E-state index contributed by atoms with van der Waals surface area (Å²) in [7, 11) is 0. The average Bonchev–Trinajstić information content (AvgIpc) is 2.58. The number of hydrogen-bond acceptors (Lipinski definition) is 3. The molecule has 0 fully saturated rings. The first kappa shape index (κ1) is 12.2. The number of rotatable bonds is 3. The Morgan fingerprint density at radius 2 is 2.41 bits per heavy atom. The van der Waals surface area contributed by atoms with Gasteiger partial charge in [0.25, 0.3) is 0 Å². The summed E-state index contributed by atoms with van der Waals surface area (Å²) < 4.78 is 13.8. The Hall–Kier alpha value is -1.27. The number of nitrogens with zero attached hydrogens (tertiary/aromatic N) is 2. The molecule has 2 rings (SSSR count). The van der Waals surface area contributed by atoms with Crippen molar-refractivity contribution < 1.29 is 9.28 Å². The van der Waals surface area contributed by atoms with Crippen molar-refractivity contribution in [1.82, 2.24) is 9.77 Å². The van der Waals surface area contributed by atoms with Crippen molar-refractivity contribution in [3.63, 3.8) is 0 Å². The molecule has 1 amide bonds. The van der Waals surface area contributed by atoms with Gasteiger partial charge in [-0.3, -0.25) is 10.1 Å². The Bertz CT molecular complexity index is 572. The van der Waals surface area contributed by atoms with Crippen molar-refractivity contribution in [2.45, 2.75) is 11.8 Å². The molecule has 90 valence electrons. The molecule has 0 radical (unpaired) electrons. The van der Waals surface area contributed by atoms with Gasteiger partial charge in [-0.1, -0.05) is 10.5 Å². The number of imidazole rings is 1. The molecule has 17 heavy (non-hydrogen) atoms. The van der Waals surface area contributed by atoms with Gasteiger partial charge in [-0.2, -0.15) is 0 Å². The van der Waals surface area contributed by atoms with Gasteiger partial charge in [0, 0.05) is 11.8 Å². The number of alkyl halides is 1. The number of thioether (sulfide) groups is 1. The molecule has 0 aliphatic heterocycles. The molecule has 1 aromatic heterocycles. The Labute approximate surface area is 106 Å². The summed E-state index contributed by atoms with van der Waals surface area (Å²) in [4.78, 5) is 16.1. The van der Waals surface area contributed by atoms with Gasteiger partial charge < -0.3 is 0 Å². The number of carbonyl (C=O) groups excluding carboxylic acids is 1. The van der Waals surface area contributed by atoms with Crippen LogP contribution >= 0.6 is 23.4 Å². The monoisotopic (exact) mass is 273 g/mol. The summed E-state index contributed by atoms with van der Waals surface area (Å²) >= 11 is 6.99. The van der Waals surface area contributed by atoms with E-state index in [9.17, 15) is 9.28 Å². The lowest BCUT2D eigenvalue weighted by Crippen LogP contribution is -2.09. The highest BCUT2D eigenvalue weighted by Crippen LogP contribution is 2.30. The molecule has 0 aliphatic rings. The highest BCUT2D eigenvalue weighted by Gasteiger charge is 2.14. The van der Waals surface area contributed by atoms with Gasteiger partial charge in [-0.25, -0.2) is 4.98 Å². The van der Waals surface area contributed by atoms with Crippen LogP contribution in [0.25, 0.3) is 11.0 Å². The second-order valence-electron chi connectivity index (χ2n) is 3.27. The van der Waals surface area contributed by atoms with Crippen LogP contribution in [0.1, 0.15) is 6.92 Å². The molecule has 0 atom stereocenters. The van der Waals surface area contributed by atoms with Crippen LogP contribution in [0.15, 0.2) is 23.1 Å². The molecule has 0 aliphatic carbocycles. The van der Waals surface area contributed by atoms with Gasteiger partial charge in [-0.05, 0) is 12.1 Å². The summed E-state index contributed by atoms with van der Waals surface area (Å²) in [6.07, 6.45) is 0. The third kappa shape index (κ3) is 2.37. The first-order valence-electron chi connectivity index (χ1n) is 4.77. The maximum Gasteiger partial charge on any atom is 0.239 e. The lowest BCUT2D eigenvalue weighted by atomic mass is 10.3. The number of para-hydroxylation sites is 1. The van der Waals surface area contributed by atoms with Crippen LogP contribution in [-0.2, 0) is 4.79 Å². The first-order chi connectivity index (χ1) is 8.13. The van der Waals surface area contributed by atoms with Gasteiger partial charge >= 0.3 is 0 Å². The van der Waals surface area contributed by atoms with Crippen molar-refractivity contribution in [2.24, 2.45) is 0 Å². The SMILES string of the molecule is CC(=O)Nc1nc2c(SCCl)cccc2n1F. The van der Waals surface area contributed by atoms with Crippen LogP contribution in [0.5, 0.6) is 0 Å². The van der Waals surface area contributed by atoms with Crippen LogP contribution in [0.3, 0.4) is 0 Å². The number of aromatic nitrogens is 2. The van der Waals surface area contributed by atoms with Crippen molar-refractivity contribution in [2.75, 3.05) is 10.5 Å². The fourth-order valence-electron chi connectivity index (χ4n) is 1.46. The normalized spacial score (nSPS) is 10.8. The van der Waals surface area contributed by atoms with Gasteiger partial charge in [0.1, 0.15) is 11.0 Å². The second kappa shape index (κ2) is 4.93. The van der Waals surface area contributed by atoms with Crippen molar-refractivity contribution >= 4 is 46.3 Å². The molecular weight excluding hydrogens is 265 g/mol. The third-order valence-electron chi connectivity index (χ3n) is 2.09. The number of amides is 1. The molecule has 0 unspecified atom stereocenters. The maximum atomic E-state index is 13.8. The highest BCUT2D eigenvalue weighted by atomic mass is 35.5. The van der Waals surface area contributed by atoms with Crippen LogP contribution in [0.4, 0.5) is 10.4 Å².